The summed E-state index contributed by atoms with van der Waals surface area (Å²) >= 11 is 0. The van der Waals surface area contributed by atoms with Gasteiger partial charge < -0.3 is 14.8 Å². The van der Waals surface area contributed by atoms with Crippen LogP contribution in [0.5, 0.6) is 0 Å². The van der Waals surface area contributed by atoms with E-state index in [1.807, 2.05) is 39.9 Å². The predicted molar refractivity (Wildman–Crippen MR) is 81.1 cm³/mol. The van der Waals surface area contributed by atoms with Gasteiger partial charge in [-0.15, -0.1) is 0 Å². The van der Waals surface area contributed by atoms with Crippen molar-refractivity contribution >= 4 is 5.91 Å². The molecular weight excluding hydrogens is 264 g/mol. The molecule has 0 radical (unpaired) electrons. The minimum atomic E-state index is 0.123. The molecule has 5 nitrogen and oxygen atoms in total. The number of hydrogen-bond acceptors (Lipinski definition) is 3. The van der Waals surface area contributed by atoms with E-state index in [4.69, 9.17) is 0 Å². The maximum Gasteiger partial charge on any atom is 0.254 e. The van der Waals surface area contributed by atoms with Crippen LogP contribution in [0.15, 0.2) is 43.0 Å². The summed E-state index contributed by atoms with van der Waals surface area (Å²) in [6, 6.07) is 8.12. The van der Waals surface area contributed by atoms with Crippen LogP contribution in [0.2, 0.25) is 0 Å². The van der Waals surface area contributed by atoms with Gasteiger partial charge in [-0.3, -0.25) is 4.79 Å². The molecule has 2 heterocycles. The number of carbonyl (C=O) groups excluding carboxylic acids is 1. The number of imidazole rings is 1. The number of aromatic nitrogens is 2. The van der Waals surface area contributed by atoms with Crippen LogP contribution >= 0.6 is 0 Å². The van der Waals surface area contributed by atoms with Crippen molar-refractivity contribution < 1.29 is 4.79 Å². The lowest BCUT2D eigenvalue weighted by Crippen LogP contribution is -2.52. The molecule has 2 aromatic rings. The monoisotopic (exact) mass is 284 g/mol. The summed E-state index contributed by atoms with van der Waals surface area (Å²) in [6.45, 7) is 5.37. The number of carbonyl (C=O) groups is 1. The largest absolute Gasteiger partial charge is 0.333 e. The van der Waals surface area contributed by atoms with Gasteiger partial charge in [-0.2, -0.15) is 0 Å². The fourth-order valence-corrected chi connectivity index (χ4v) is 2.65. The third kappa shape index (κ3) is 3.13. The van der Waals surface area contributed by atoms with E-state index in [-0.39, 0.29) is 11.9 Å². The Morgan fingerprint density at radius 3 is 2.86 bits per heavy atom. The number of piperazine rings is 1. The molecule has 0 bridgehead atoms. The second kappa shape index (κ2) is 6.10. The van der Waals surface area contributed by atoms with E-state index in [9.17, 15) is 4.79 Å². The second-order valence-electron chi connectivity index (χ2n) is 5.48. The van der Waals surface area contributed by atoms with E-state index in [0.717, 1.165) is 37.3 Å². The van der Waals surface area contributed by atoms with E-state index in [1.54, 1.807) is 12.5 Å². The molecule has 1 fully saturated rings. The number of amides is 1. The van der Waals surface area contributed by atoms with Crippen molar-refractivity contribution in [3.63, 3.8) is 0 Å². The average molecular weight is 284 g/mol. The van der Waals surface area contributed by atoms with Crippen LogP contribution in [-0.2, 0) is 6.54 Å². The number of nitrogens with one attached hydrogen (secondary N) is 1. The van der Waals surface area contributed by atoms with E-state index in [0.29, 0.717) is 0 Å². The van der Waals surface area contributed by atoms with Gasteiger partial charge in [0.05, 0.1) is 6.33 Å². The topological polar surface area (TPSA) is 50.2 Å². The molecule has 1 aliphatic heterocycles. The van der Waals surface area contributed by atoms with Crippen molar-refractivity contribution in [3.05, 3.63) is 54.1 Å². The smallest absolute Gasteiger partial charge is 0.254 e. The van der Waals surface area contributed by atoms with Gasteiger partial charge in [-0.05, 0) is 24.6 Å². The zero-order valence-corrected chi connectivity index (χ0v) is 12.2. The molecule has 110 valence electrons. The molecule has 1 amide bonds. The summed E-state index contributed by atoms with van der Waals surface area (Å²) < 4.78 is 2.01. The van der Waals surface area contributed by atoms with Crippen LogP contribution in [0, 0.1) is 0 Å². The van der Waals surface area contributed by atoms with Crippen LogP contribution < -0.4 is 5.32 Å². The summed E-state index contributed by atoms with van der Waals surface area (Å²) in [6.07, 6.45) is 5.49. The van der Waals surface area contributed by atoms with Crippen molar-refractivity contribution in [2.24, 2.45) is 0 Å². The molecule has 1 saturated heterocycles. The van der Waals surface area contributed by atoms with Gasteiger partial charge in [0, 0.05) is 50.2 Å². The zero-order chi connectivity index (χ0) is 14.7. The maximum atomic E-state index is 12.5. The Balaban J connectivity index is 1.70. The fraction of sp³-hybridized carbons (Fsp3) is 0.375. The lowest BCUT2D eigenvalue weighted by molar-refractivity contribution is 0.0656. The molecule has 21 heavy (non-hydrogen) atoms. The van der Waals surface area contributed by atoms with Crippen LogP contribution in [0.3, 0.4) is 0 Å². The van der Waals surface area contributed by atoms with Crippen LogP contribution in [0.25, 0.3) is 0 Å². The first-order chi connectivity index (χ1) is 10.2. The zero-order valence-electron chi connectivity index (χ0n) is 12.2. The number of hydrogen-bond donors (Lipinski definition) is 1. The van der Waals surface area contributed by atoms with E-state index >= 15 is 0 Å². The highest BCUT2D eigenvalue weighted by Gasteiger charge is 2.23. The van der Waals surface area contributed by atoms with Gasteiger partial charge in [-0.25, -0.2) is 4.98 Å². The van der Waals surface area contributed by atoms with Gasteiger partial charge in [0.15, 0.2) is 0 Å². The Morgan fingerprint density at radius 1 is 1.38 bits per heavy atom. The van der Waals surface area contributed by atoms with Crippen molar-refractivity contribution in [2.45, 2.75) is 19.5 Å². The third-order valence-electron chi connectivity index (χ3n) is 3.89. The summed E-state index contributed by atoms with van der Waals surface area (Å²) in [4.78, 5) is 18.5. The molecule has 1 aliphatic rings. The fourth-order valence-electron chi connectivity index (χ4n) is 2.65. The van der Waals surface area contributed by atoms with Gasteiger partial charge in [0.1, 0.15) is 0 Å². The molecule has 3 rings (SSSR count). The molecule has 0 spiro atoms. The average Bonchev–Trinajstić information content (AvgIpc) is 3.01. The molecule has 5 heteroatoms. The summed E-state index contributed by atoms with van der Waals surface area (Å²) in [5.41, 5.74) is 1.93. The highest BCUT2D eigenvalue weighted by molar-refractivity contribution is 5.94. The SMILES string of the molecule is CC1CNCCN1C(=O)c1ccc(Cn2ccnc2)cc1. The maximum absolute atomic E-state index is 12.5. The normalized spacial score (nSPS) is 18.7. The molecule has 1 aromatic heterocycles. The predicted octanol–water partition coefficient (Wildman–Crippen LogP) is 1.37. The Bertz CT molecular complexity index is 591. The van der Waals surface area contributed by atoms with Gasteiger partial charge >= 0.3 is 0 Å². The summed E-state index contributed by atoms with van der Waals surface area (Å²) in [7, 11) is 0. The lowest BCUT2D eigenvalue weighted by Gasteiger charge is -2.34. The molecule has 1 aromatic carbocycles. The number of benzene rings is 1. The Kier molecular flexibility index (Phi) is 4.01. The first-order valence-electron chi connectivity index (χ1n) is 7.30. The van der Waals surface area contributed by atoms with Gasteiger partial charge in [0.25, 0.3) is 5.91 Å². The van der Waals surface area contributed by atoms with E-state index < -0.39 is 0 Å². The van der Waals surface area contributed by atoms with Crippen LogP contribution in [0.4, 0.5) is 0 Å². The molecule has 0 saturated carbocycles. The van der Waals surface area contributed by atoms with E-state index in [2.05, 4.69) is 17.2 Å². The first-order valence-corrected chi connectivity index (χ1v) is 7.30. The van der Waals surface area contributed by atoms with Crippen LogP contribution in [-0.4, -0.2) is 46.0 Å². The first kappa shape index (κ1) is 13.8. The number of rotatable bonds is 3. The summed E-state index contributed by atoms with van der Waals surface area (Å²) in [5, 5.41) is 3.30. The molecular formula is C16H20N4O. The Labute approximate surface area is 124 Å². The second-order valence-corrected chi connectivity index (χ2v) is 5.48. The molecule has 1 atom stereocenters. The van der Waals surface area contributed by atoms with Crippen molar-refractivity contribution in [2.75, 3.05) is 19.6 Å². The highest BCUT2D eigenvalue weighted by atomic mass is 16.2. The van der Waals surface area contributed by atoms with Crippen LogP contribution in [0.1, 0.15) is 22.8 Å². The standard InChI is InChI=1S/C16H20N4O/c1-13-10-17-7-9-20(13)16(21)15-4-2-14(3-5-15)11-19-8-6-18-12-19/h2-6,8,12-13,17H,7,9-11H2,1H3. The quantitative estimate of drug-likeness (QED) is 0.926. The molecule has 1 N–H and O–H groups in total. The minimum absolute atomic E-state index is 0.123. The van der Waals surface area contributed by atoms with E-state index in [1.165, 1.54) is 0 Å². The molecule has 0 aliphatic carbocycles. The van der Waals surface area contributed by atoms with Crippen molar-refractivity contribution in [1.29, 1.82) is 0 Å². The lowest BCUT2D eigenvalue weighted by atomic mass is 10.1. The summed E-state index contributed by atoms with van der Waals surface area (Å²) in [5.74, 6) is 0.123. The third-order valence-corrected chi connectivity index (χ3v) is 3.89. The minimum Gasteiger partial charge on any atom is -0.333 e. The molecule has 1 unspecified atom stereocenters. The Morgan fingerprint density at radius 2 is 2.19 bits per heavy atom. The van der Waals surface area contributed by atoms with Crippen molar-refractivity contribution in [1.82, 2.24) is 19.8 Å². The highest BCUT2D eigenvalue weighted by Crippen LogP contribution is 2.12. The van der Waals surface area contributed by atoms with Crippen molar-refractivity contribution in [3.8, 4) is 0 Å². The van der Waals surface area contributed by atoms with Gasteiger partial charge in [0.2, 0.25) is 0 Å². The Hall–Kier alpha value is -2.14. The number of nitrogens with zero attached hydrogens (tertiary/aromatic N) is 3. The van der Waals surface area contributed by atoms with Gasteiger partial charge in [-0.1, -0.05) is 12.1 Å².